The first-order chi connectivity index (χ1) is 10.2. The Bertz CT molecular complexity index is 632. The van der Waals surface area contributed by atoms with Gasteiger partial charge in [-0.15, -0.1) is 0 Å². The number of nitrogens with zero attached hydrogens (tertiary/aromatic N) is 2. The van der Waals surface area contributed by atoms with E-state index in [-0.39, 0.29) is 5.91 Å². The molecule has 108 valence electrons. The van der Waals surface area contributed by atoms with Crippen molar-refractivity contribution in [3.05, 3.63) is 58.8 Å². The number of hydrazone groups is 1. The molecule has 1 aromatic carbocycles. The van der Waals surface area contributed by atoms with E-state index in [9.17, 15) is 4.79 Å². The average molecular weight is 348 g/mol. The predicted octanol–water partition coefficient (Wildman–Crippen LogP) is 2.76. The lowest BCUT2D eigenvalue weighted by Gasteiger charge is -2.13. The van der Waals surface area contributed by atoms with Gasteiger partial charge in [-0.05, 0) is 41.1 Å². The number of halogens is 1. The molecule has 1 amide bonds. The van der Waals surface area contributed by atoms with E-state index in [1.165, 1.54) is 6.21 Å². The zero-order valence-electron chi connectivity index (χ0n) is 11.4. The number of para-hydroxylation sites is 1. The van der Waals surface area contributed by atoms with E-state index >= 15 is 0 Å². The first-order valence-corrected chi connectivity index (χ1v) is 7.10. The largest absolute Gasteiger partial charge is 0.480 e. The molecule has 0 saturated heterocycles. The Balaban J connectivity index is 1.88. The molecule has 2 aromatic rings. The number of rotatable bonds is 5. The first-order valence-electron chi connectivity index (χ1n) is 6.31. The van der Waals surface area contributed by atoms with Crippen molar-refractivity contribution >= 4 is 28.1 Å². The van der Waals surface area contributed by atoms with Gasteiger partial charge in [0.1, 0.15) is 5.75 Å². The van der Waals surface area contributed by atoms with Gasteiger partial charge in [0, 0.05) is 18.0 Å². The zero-order chi connectivity index (χ0) is 15.1. The van der Waals surface area contributed by atoms with Crippen LogP contribution in [0, 0.1) is 0 Å². The summed E-state index contributed by atoms with van der Waals surface area (Å²) in [6, 6.07) is 11.0. The fourth-order valence-electron chi connectivity index (χ4n) is 1.50. The molecule has 1 heterocycles. The van der Waals surface area contributed by atoms with E-state index in [0.29, 0.717) is 5.75 Å². The number of amides is 1. The molecule has 2 rings (SSSR count). The van der Waals surface area contributed by atoms with Gasteiger partial charge in [-0.2, -0.15) is 5.10 Å². The Labute approximate surface area is 131 Å². The molecule has 0 unspecified atom stereocenters. The van der Waals surface area contributed by atoms with Crippen LogP contribution in [0.3, 0.4) is 0 Å². The summed E-state index contributed by atoms with van der Waals surface area (Å²) in [5.41, 5.74) is 3.24. The van der Waals surface area contributed by atoms with Crippen LogP contribution >= 0.6 is 15.9 Å². The van der Waals surface area contributed by atoms with Gasteiger partial charge < -0.3 is 4.74 Å². The van der Waals surface area contributed by atoms with Crippen LogP contribution in [0.25, 0.3) is 0 Å². The first kappa shape index (κ1) is 15.2. The maximum absolute atomic E-state index is 11.9. The molecular formula is C15H14BrN3O2. The zero-order valence-corrected chi connectivity index (χ0v) is 12.9. The highest BCUT2D eigenvalue weighted by Gasteiger charge is 2.14. The van der Waals surface area contributed by atoms with Crippen LogP contribution in [0.2, 0.25) is 0 Å². The van der Waals surface area contributed by atoms with Gasteiger partial charge in [-0.25, -0.2) is 5.43 Å². The summed E-state index contributed by atoms with van der Waals surface area (Å²) in [7, 11) is 0. The second-order valence-corrected chi connectivity index (χ2v) is 5.07. The minimum Gasteiger partial charge on any atom is -0.480 e. The van der Waals surface area contributed by atoms with Crippen LogP contribution in [0.1, 0.15) is 12.5 Å². The quantitative estimate of drug-likeness (QED) is 0.668. The minimum absolute atomic E-state index is 0.328. The van der Waals surface area contributed by atoms with Crippen molar-refractivity contribution in [2.75, 3.05) is 0 Å². The summed E-state index contributed by atoms with van der Waals surface area (Å²) in [5, 5.41) is 3.87. The van der Waals surface area contributed by atoms with Crippen molar-refractivity contribution in [1.29, 1.82) is 0 Å². The van der Waals surface area contributed by atoms with Crippen LogP contribution in [0.4, 0.5) is 0 Å². The van der Waals surface area contributed by atoms with Gasteiger partial charge in [0.05, 0.1) is 10.7 Å². The average Bonchev–Trinajstić information content (AvgIpc) is 2.50. The number of hydrogen-bond donors (Lipinski definition) is 1. The molecule has 1 aromatic heterocycles. The Morgan fingerprint density at radius 2 is 2.19 bits per heavy atom. The summed E-state index contributed by atoms with van der Waals surface area (Å²) >= 11 is 3.36. The van der Waals surface area contributed by atoms with Crippen LogP contribution < -0.4 is 10.2 Å². The van der Waals surface area contributed by atoms with Gasteiger partial charge in [-0.3, -0.25) is 9.78 Å². The number of benzene rings is 1. The van der Waals surface area contributed by atoms with Crippen molar-refractivity contribution in [2.24, 2.45) is 5.10 Å². The SMILES string of the molecule is C[C@H](Oc1ccccc1Br)C(=O)NN=Cc1cccnc1. The summed E-state index contributed by atoms with van der Waals surface area (Å²) in [6.07, 6.45) is 4.19. The van der Waals surface area contributed by atoms with Crippen LogP contribution in [0.15, 0.2) is 58.4 Å². The van der Waals surface area contributed by atoms with E-state index in [0.717, 1.165) is 10.0 Å². The molecule has 6 heteroatoms. The number of aromatic nitrogens is 1. The minimum atomic E-state index is -0.658. The van der Waals surface area contributed by atoms with Crippen LogP contribution in [-0.2, 0) is 4.79 Å². The number of nitrogens with one attached hydrogen (secondary N) is 1. The highest BCUT2D eigenvalue weighted by molar-refractivity contribution is 9.10. The lowest BCUT2D eigenvalue weighted by molar-refractivity contribution is -0.127. The fraction of sp³-hybridized carbons (Fsp3) is 0.133. The van der Waals surface area contributed by atoms with E-state index in [1.807, 2.05) is 24.3 Å². The molecule has 0 aliphatic rings. The van der Waals surface area contributed by atoms with Crippen LogP contribution in [0.5, 0.6) is 5.75 Å². The summed E-state index contributed by atoms with van der Waals surface area (Å²) in [6.45, 7) is 1.66. The number of hydrogen-bond acceptors (Lipinski definition) is 4. The highest BCUT2D eigenvalue weighted by Crippen LogP contribution is 2.24. The molecule has 0 radical (unpaired) electrons. The lowest BCUT2D eigenvalue weighted by Crippen LogP contribution is -2.33. The Kier molecular flexibility index (Phi) is 5.45. The maximum atomic E-state index is 11.9. The number of carbonyl (C=O) groups is 1. The predicted molar refractivity (Wildman–Crippen MR) is 84.2 cm³/mol. The van der Waals surface area contributed by atoms with Crippen LogP contribution in [-0.4, -0.2) is 23.2 Å². The van der Waals surface area contributed by atoms with E-state index in [4.69, 9.17) is 4.74 Å². The van der Waals surface area contributed by atoms with Crippen molar-refractivity contribution < 1.29 is 9.53 Å². The van der Waals surface area contributed by atoms with Crippen molar-refractivity contribution in [1.82, 2.24) is 10.4 Å². The molecule has 0 aliphatic heterocycles. The van der Waals surface area contributed by atoms with Gasteiger partial charge in [0.2, 0.25) is 0 Å². The molecular weight excluding hydrogens is 334 g/mol. The molecule has 0 fully saturated rings. The number of pyridine rings is 1. The van der Waals surface area contributed by atoms with Crippen molar-refractivity contribution in [3.8, 4) is 5.75 Å². The smallest absolute Gasteiger partial charge is 0.280 e. The Hall–Kier alpha value is -2.21. The van der Waals surface area contributed by atoms with Gasteiger partial charge in [0.15, 0.2) is 6.10 Å². The molecule has 1 atom stereocenters. The third kappa shape index (κ3) is 4.68. The molecule has 0 aliphatic carbocycles. The molecule has 0 bridgehead atoms. The molecule has 0 saturated carbocycles. The third-order valence-electron chi connectivity index (χ3n) is 2.58. The standard InChI is InChI=1S/C15H14BrN3O2/c1-11(21-14-7-3-2-6-13(14)16)15(20)19-18-10-12-5-4-8-17-9-12/h2-11H,1H3,(H,19,20)/t11-/m0/s1. The summed E-state index contributed by atoms with van der Waals surface area (Å²) in [4.78, 5) is 15.8. The lowest BCUT2D eigenvalue weighted by atomic mass is 10.3. The van der Waals surface area contributed by atoms with Crippen molar-refractivity contribution in [2.45, 2.75) is 13.0 Å². The summed E-state index contributed by atoms with van der Waals surface area (Å²) in [5.74, 6) is 0.280. The third-order valence-corrected chi connectivity index (χ3v) is 3.24. The van der Waals surface area contributed by atoms with Gasteiger partial charge >= 0.3 is 0 Å². The Morgan fingerprint density at radius 3 is 2.90 bits per heavy atom. The van der Waals surface area contributed by atoms with Crippen molar-refractivity contribution in [3.63, 3.8) is 0 Å². The molecule has 5 nitrogen and oxygen atoms in total. The Morgan fingerprint density at radius 1 is 1.38 bits per heavy atom. The highest BCUT2D eigenvalue weighted by atomic mass is 79.9. The number of carbonyl (C=O) groups excluding carboxylic acids is 1. The van der Waals surface area contributed by atoms with E-state index in [1.54, 1.807) is 31.5 Å². The molecule has 21 heavy (non-hydrogen) atoms. The monoisotopic (exact) mass is 347 g/mol. The second-order valence-electron chi connectivity index (χ2n) is 4.21. The molecule has 1 N–H and O–H groups in total. The second kappa shape index (κ2) is 7.54. The van der Waals surface area contributed by atoms with E-state index < -0.39 is 6.10 Å². The molecule has 0 spiro atoms. The fourth-order valence-corrected chi connectivity index (χ4v) is 1.88. The normalized spacial score (nSPS) is 12.1. The van der Waals surface area contributed by atoms with Gasteiger partial charge in [-0.1, -0.05) is 18.2 Å². The van der Waals surface area contributed by atoms with E-state index in [2.05, 4.69) is 31.4 Å². The maximum Gasteiger partial charge on any atom is 0.280 e. The van der Waals surface area contributed by atoms with Gasteiger partial charge in [0.25, 0.3) is 5.91 Å². The topological polar surface area (TPSA) is 63.6 Å². The summed E-state index contributed by atoms with van der Waals surface area (Å²) < 4.78 is 6.36. The number of ether oxygens (including phenoxy) is 1.